The van der Waals surface area contributed by atoms with Gasteiger partial charge in [-0.1, -0.05) is 0 Å². The third-order valence-corrected chi connectivity index (χ3v) is 5.39. The highest BCUT2D eigenvalue weighted by Gasteiger charge is 2.29. The van der Waals surface area contributed by atoms with Gasteiger partial charge < -0.3 is 14.4 Å². The second-order valence-corrected chi connectivity index (χ2v) is 7.40. The number of fused-ring (bicyclic) bond motifs is 1. The van der Waals surface area contributed by atoms with Crippen LogP contribution < -0.4 is 0 Å². The van der Waals surface area contributed by atoms with Crippen molar-refractivity contribution in [1.29, 1.82) is 0 Å². The van der Waals surface area contributed by atoms with Gasteiger partial charge in [-0.05, 0) is 37.3 Å². The lowest BCUT2D eigenvalue weighted by molar-refractivity contribution is 0.0156. The molecule has 8 heteroatoms. The van der Waals surface area contributed by atoms with Crippen molar-refractivity contribution in [2.45, 2.75) is 31.8 Å². The predicted octanol–water partition coefficient (Wildman–Crippen LogP) is 1.65. The van der Waals surface area contributed by atoms with Crippen LogP contribution in [0.3, 0.4) is 0 Å². The Labute approximate surface area is 159 Å². The van der Waals surface area contributed by atoms with Gasteiger partial charge in [0.1, 0.15) is 5.69 Å². The van der Waals surface area contributed by atoms with Crippen LogP contribution in [0.15, 0.2) is 24.5 Å². The van der Waals surface area contributed by atoms with Crippen molar-refractivity contribution in [3.63, 3.8) is 0 Å². The van der Waals surface area contributed by atoms with Crippen molar-refractivity contribution in [3.8, 4) is 0 Å². The minimum Gasteiger partial charge on any atom is -0.381 e. The van der Waals surface area contributed by atoms with Crippen LogP contribution in [0.5, 0.6) is 0 Å². The summed E-state index contributed by atoms with van der Waals surface area (Å²) < 4.78 is 15.0. The predicted molar refractivity (Wildman–Crippen MR) is 98.2 cm³/mol. The molecule has 0 unspecified atom stereocenters. The molecule has 0 aliphatic carbocycles. The summed E-state index contributed by atoms with van der Waals surface area (Å²) in [5.74, 6) is 0.573. The van der Waals surface area contributed by atoms with E-state index in [0.717, 1.165) is 44.8 Å². The molecule has 0 radical (unpaired) electrons. The van der Waals surface area contributed by atoms with Crippen molar-refractivity contribution in [1.82, 2.24) is 24.5 Å². The first-order valence-electron chi connectivity index (χ1n) is 9.67. The minimum absolute atomic E-state index is 0.0313. The summed E-state index contributed by atoms with van der Waals surface area (Å²) in [5, 5.41) is 8.71. The first kappa shape index (κ1) is 18.2. The lowest BCUT2D eigenvalue weighted by atomic mass is 10.0. The quantitative estimate of drug-likeness (QED) is 0.720. The Hall–Kier alpha value is -2.19. The van der Waals surface area contributed by atoms with E-state index in [2.05, 4.69) is 10.2 Å². The van der Waals surface area contributed by atoms with E-state index in [1.807, 2.05) is 22.7 Å². The summed E-state index contributed by atoms with van der Waals surface area (Å²) in [4.78, 5) is 14.7. The zero-order valence-corrected chi connectivity index (χ0v) is 15.8. The summed E-state index contributed by atoms with van der Waals surface area (Å²) in [6.45, 7) is 4.35. The number of hydrogen-bond acceptors (Lipinski definition) is 5. The van der Waals surface area contributed by atoms with Crippen molar-refractivity contribution in [2.75, 3.05) is 33.0 Å². The largest absolute Gasteiger partial charge is 0.381 e. The zero-order chi connectivity index (χ0) is 18.6. The third kappa shape index (κ3) is 4.22. The molecule has 1 atom stereocenters. The summed E-state index contributed by atoms with van der Waals surface area (Å²) in [6, 6.07) is 3.87. The van der Waals surface area contributed by atoms with Crippen LogP contribution in [-0.4, -0.2) is 63.3 Å². The van der Waals surface area contributed by atoms with Gasteiger partial charge >= 0.3 is 0 Å². The molecule has 4 heterocycles. The van der Waals surface area contributed by atoms with E-state index in [4.69, 9.17) is 9.47 Å². The molecule has 27 heavy (non-hydrogen) atoms. The summed E-state index contributed by atoms with van der Waals surface area (Å²) >= 11 is 0. The van der Waals surface area contributed by atoms with Crippen molar-refractivity contribution < 1.29 is 14.3 Å². The van der Waals surface area contributed by atoms with Gasteiger partial charge in [-0.15, -0.1) is 0 Å². The maximum absolute atomic E-state index is 12.8. The number of nitrogens with zero attached hydrogens (tertiary/aromatic N) is 5. The summed E-state index contributed by atoms with van der Waals surface area (Å²) in [5.41, 5.74) is 1.54. The maximum atomic E-state index is 12.8. The lowest BCUT2D eigenvalue weighted by Crippen LogP contribution is -2.41. The van der Waals surface area contributed by atoms with E-state index >= 15 is 0 Å². The molecule has 1 fully saturated rings. The Morgan fingerprint density at radius 1 is 1.33 bits per heavy atom. The van der Waals surface area contributed by atoms with Gasteiger partial charge in [-0.3, -0.25) is 14.2 Å². The summed E-state index contributed by atoms with van der Waals surface area (Å²) in [6.07, 6.45) is 6.60. The topological polar surface area (TPSA) is 74.4 Å². The molecule has 0 aromatic carbocycles. The van der Waals surface area contributed by atoms with Gasteiger partial charge in [-0.25, -0.2) is 0 Å². The van der Waals surface area contributed by atoms with Gasteiger partial charge in [0, 0.05) is 52.4 Å². The van der Waals surface area contributed by atoms with Gasteiger partial charge in [-0.2, -0.15) is 10.2 Å². The smallest absolute Gasteiger partial charge is 0.274 e. The first-order chi connectivity index (χ1) is 13.2. The average Bonchev–Trinajstić information content (AvgIpc) is 3.34. The van der Waals surface area contributed by atoms with Crippen molar-refractivity contribution in [2.24, 2.45) is 13.0 Å². The monoisotopic (exact) mass is 373 g/mol. The minimum atomic E-state index is -0.0313. The molecule has 0 bridgehead atoms. The van der Waals surface area contributed by atoms with Crippen LogP contribution in [-0.2, 0) is 23.1 Å². The molecule has 2 aromatic rings. The van der Waals surface area contributed by atoms with Crippen molar-refractivity contribution in [3.05, 3.63) is 35.9 Å². The number of aromatic nitrogens is 4. The van der Waals surface area contributed by atoms with E-state index in [-0.39, 0.29) is 11.9 Å². The number of rotatable bonds is 6. The van der Waals surface area contributed by atoms with E-state index < -0.39 is 0 Å². The standard InChI is InChI=1S/C19H27N5O3/c1-22-8-3-18(21-22)19(25)23-12-16-2-7-20-24(16)17(13-23)6-11-27-14-15-4-9-26-10-5-15/h2-3,7-8,15,17H,4-6,9-14H2,1H3/t17-/m1/s1. The average molecular weight is 373 g/mol. The highest BCUT2D eigenvalue weighted by Crippen LogP contribution is 2.24. The second kappa shape index (κ2) is 8.22. The van der Waals surface area contributed by atoms with Crippen molar-refractivity contribution >= 4 is 5.91 Å². The Kier molecular flexibility index (Phi) is 5.54. The third-order valence-electron chi connectivity index (χ3n) is 5.39. The molecular weight excluding hydrogens is 346 g/mol. The molecular formula is C19H27N5O3. The Morgan fingerprint density at radius 3 is 2.96 bits per heavy atom. The zero-order valence-electron chi connectivity index (χ0n) is 15.8. The first-order valence-corrected chi connectivity index (χ1v) is 9.67. The normalized spacial score (nSPS) is 20.6. The number of carbonyl (C=O) groups is 1. The van der Waals surface area contributed by atoms with Crippen LogP contribution in [0.2, 0.25) is 0 Å². The Bertz CT molecular complexity index is 765. The molecule has 146 valence electrons. The SMILES string of the molecule is Cn1ccc(C(=O)N2Cc3ccnn3[C@H](CCOCC3CCOCC3)C2)n1. The van der Waals surface area contributed by atoms with Crippen LogP contribution in [0.1, 0.15) is 41.5 Å². The summed E-state index contributed by atoms with van der Waals surface area (Å²) in [7, 11) is 1.82. The van der Waals surface area contributed by atoms with Crippen LogP contribution in [0.4, 0.5) is 0 Å². The second-order valence-electron chi connectivity index (χ2n) is 7.40. The van der Waals surface area contributed by atoms with Gasteiger partial charge in [0.2, 0.25) is 0 Å². The molecule has 0 spiro atoms. The lowest BCUT2D eigenvalue weighted by Gasteiger charge is -2.33. The molecule has 2 aliphatic rings. The number of amides is 1. The highest BCUT2D eigenvalue weighted by molar-refractivity contribution is 5.92. The van der Waals surface area contributed by atoms with E-state index in [1.165, 1.54) is 0 Å². The fraction of sp³-hybridized carbons (Fsp3) is 0.632. The molecule has 0 N–H and O–H groups in total. The van der Waals surface area contributed by atoms with E-state index in [1.54, 1.807) is 23.1 Å². The Balaban J connectivity index is 1.34. The molecule has 2 aromatic heterocycles. The molecule has 1 amide bonds. The Morgan fingerprint density at radius 2 is 2.19 bits per heavy atom. The fourth-order valence-corrected chi connectivity index (χ4v) is 3.83. The fourth-order valence-electron chi connectivity index (χ4n) is 3.83. The molecule has 8 nitrogen and oxygen atoms in total. The number of hydrogen-bond donors (Lipinski definition) is 0. The molecule has 2 aliphatic heterocycles. The number of ether oxygens (including phenoxy) is 2. The molecule has 1 saturated heterocycles. The van der Waals surface area contributed by atoms with Gasteiger partial charge in [0.15, 0.2) is 0 Å². The molecule has 4 rings (SSSR count). The van der Waals surface area contributed by atoms with Gasteiger partial charge in [0.05, 0.1) is 18.3 Å². The van der Waals surface area contributed by atoms with Gasteiger partial charge in [0.25, 0.3) is 5.91 Å². The highest BCUT2D eigenvalue weighted by atomic mass is 16.5. The molecule has 0 saturated carbocycles. The number of aryl methyl sites for hydroxylation is 1. The van der Waals surface area contributed by atoms with Crippen LogP contribution >= 0.6 is 0 Å². The van der Waals surface area contributed by atoms with E-state index in [0.29, 0.717) is 31.3 Å². The number of carbonyl (C=O) groups excluding carboxylic acids is 1. The van der Waals surface area contributed by atoms with Crippen LogP contribution in [0.25, 0.3) is 0 Å². The van der Waals surface area contributed by atoms with E-state index in [9.17, 15) is 4.79 Å². The van der Waals surface area contributed by atoms with Crippen LogP contribution in [0, 0.1) is 5.92 Å². The maximum Gasteiger partial charge on any atom is 0.274 e.